The lowest BCUT2D eigenvalue weighted by molar-refractivity contribution is -0.251. The molecule has 3 aromatic carbocycles. The van der Waals surface area contributed by atoms with Crippen molar-refractivity contribution in [2.24, 2.45) is 22.9 Å². The third-order valence-corrected chi connectivity index (χ3v) is 14.3. The van der Waals surface area contributed by atoms with Crippen LogP contribution in [-0.2, 0) is 24.4 Å². The molecule has 0 radical (unpaired) electrons. The fourth-order valence-corrected chi connectivity index (χ4v) is 11.4. The molecule has 2 amide bonds. The van der Waals surface area contributed by atoms with E-state index in [2.05, 4.69) is 23.3 Å². The van der Waals surface area contributed by atoms with E-state index in [1.165, 1.54) is 37.6 Å². The highest BCUT2D eigenvalue weighted by atomic mass is 32.2. The van der Waals surface area contributed by atoms with Gasteiger partial charge in [0.15, 0.2) is 0 Å². The molecule has 3 aliphatic rings. The molecule has 1 fully saturated rings. The van der Waals surface area contributed by atoms with Crippen LogP contribution in [0.2, 0.25) is 0 Å². The number of sulfonamides is 1. The van der Waals surface area contributed by atoms with Crippen LogP contribution in [-0.4, -0.2) is 99.7 Å². The van der Waals surface area contributed by atoms with Gasteiger partial charge in [-0.3, -0.25) is 10.1 Å². The smallest absolute Gasteiger partial charge is 0.417 e. The second-order valence-electron chi connectivity index (χ2n) is 16.6. The molecule has 4 N–H and O–H groups in total. The number of nitrogens with one attached hydrogen (secondary N) is 2. The van der Waals surface area contributed by atoms with Crippen LogP contribution in [0, 0.1) is 17.8 Å². The summed E-state index contributed by atoms with van der Waals surface area (Å²) >= 11 is 0. The molecule has 0 spiro atoms. The Labute approximate surface area is 388 Å². The van der Waals surface area contributed by atoms with Gasteiger partial charge in [-0.15, -0.1) is 6.58 Å². The normalized spacial score (nSPS) is 22.6. The maximum absolute atomic E-state index is 15.2. The number of unbranched alkanes of at least 4 members (excludes halogenated alkanes) is 2. The number of allylic oxidation sites excluding steroid dienone is 1. The number of aliphatic hydroxyl groups excluding tert-OH is 2. The largest absolute Gasteiger partial charge is 0.497 e. The van der Waals surface area contributed by atoms with Gasteiger partial charge in [0, 0.05) is 56.3 Å². The van der Waals surface area contributed by atoms with Crippen molar-refractivity contribution in [1.82, 2.24) is 4.31 Å². The second kappa shape index (κ2) is 22.8. The lowest BCUT2D eigenvalue weighted by Crippen LogP contribution is -2.70. The Kier molecular flexibility index (Phi) is 17.3. The number of rotatable bonds is 23. The van der Waals surface area contributed by atoms with E-state index in [0.717, 1.165) is 24.0 Å². The average Bonchev–Trinajstić information content (AvgIpc) is 3.30. The van der Waals surface area contributed by atoms with Crippen molar-refractivity contribution in [3.8, 4) is 23.0 Å². The Balaban J connectivity index is 1.55. The molecule has 3 aromatic rings. The van der Waals surface area contributed by atoms with Gasteiger partial charge in [0.05, 0.1) is 49.1 Å². The number of carbonyl (C=O) groups is 2. The van der Waals surface area contributed by atoms with E-state index >= 15 is 8.42 Å². The zero-order valence-corrected chi connectivity index (χ0v) is 39.3. The van der Waals surface area contributed by atoms with Crippen LogP contribution in [0.4, 0.5) is 16.2 Å². The molecule has 0 aromatic heterocycles. The molecule has 6 unspecified atom stereocenters. The first-order valence-corrected chi connectivity index (χ1v) is 24.1. The lowest BCUT2D eigenvalue weighted by atomic mass is 9.55. The monoisotopic (exact) mass is 932 g/mol. The highest BCUT2D eigenvalue weighted by molar-refractivity contribution is 7.89. The van der Waals surface area contributed by atoms with Crippen molar-refractivity contribution in [2.45, 2.75) is 94.8 Å². The van der Waals surface area contributed by atoms with Crippen LogP contribution in [0.3, 0.4) is 0 Å². The fraction of sp³-hybridized carbons (Fsp3) is 0.490. The molecule has 6 atom stereocenters. The quantitative estimate of drug-likeness (QED) is 0.0406. The van der Waals surface area contributed by atoms with E-state index in [-0.39, 0.29) is 67.8 Å². The van der Waals surface area contributed by atoms with Gasteiger partial charge in [-0.2, -0.15) is 4.31 Å². The minimum atomic E-state index is -4.29. The van der Waals surface area contributed by atoms with Crippen LogP contribution in [0.5, 0.6) is 23.0 Å². The van der Waals surface area contributed by atoms with E-state index in [0.29, 0.717) is 66.4 Å². The van der Waals surface area contributed by atoms with Crippen LogP contribution in [0.1, 0.15) is 83.6 Å². The number of benzene rings is 3. The van der Waals surface area contributed by atoms with Gasteiger partial charge < -0.3 is 44.1 Å². The Morgan fingerprint density at radius 3 is 2.33 bits per heavy atom. The average molecular weight is 933 g/mol. The van der Waals surface area contributed by atoms with Crippen LogP contribution < -0.4 is 29.6 Å². The van der Waals surface area contributed by atoms with Crippen molar-refractivity contribution in [3.05, 3.63) is 90.5 Å². The Bertz CT molecular complexity index is 2340. The first-order chi connectivity index (χ1) is 31.9. The van der Waals surface area contributed by atoms with E-state index < -0.39 is 39.8 Å². The van der Waals surface area contributed by atoms with Crippen molar-refractivity contribution in [1.29, 1.82) is 0 Å². The molecule has 1 heterocycles. The third kappa shape index (κ3) is 10.9. The highest BCUT2D eigenvalue weighted by Gasteiger charge is 2.66. The minimum Gasteiger partial charge on any atom is -0.497 e. The van der Waals surface area contributed by atoms with Crippen molar-refractivity contribution in [3.63, 3.8) is 0 Å². The molecule has 1 aliphatic heterocycles. The summed E-state index contributed by atoms with van der Waals surface area (Å²) in [5.41, 5.74) is 2.91. The zero-order chi connectivity index (χ0) is 47.4. The number of hydrogen-bond acceptors (Lipinski definition) is 13. The minimum absolute atomic E-state index is 0.0109. The maximum Gasteiger partial charge on any atom is 0.417 e. The maximum atomic E-state index is 15.2. The molecule has 2 aliphatic carbocycles. The Morgan fingerprint density at radius 1 is 0.955 bits per heavy atom. The zero-order valence-electron chi connectivity index (χ0n) is 38.5. The SMILES string of the molecule is C=CCOC12Oc3ccc(OC(=O)Nc4ccc(OC)cc4OC)cc3C3C(CCCCO)C(CCCCO)C=C(C(=NOCC)CC1N(CCC)S(=O)(=O)c1ccc(NC(C)=O)cc1)C32. The first-order valence-electron chi connectivity index (χ1n) is 22.7. The molecular weight excluding hydrogens is 869 g/mol. The number of amides is 2. The van der Waals surface area contributed by atoms with Gasteiger partial charge in [-0.05, 0) is 111 Å². The summed E-state index contributed by atoms with van der Waals surface area (Å²) in [5, 5.41) is 30.0. The molecule has 6 rings (SSSR count). The number of aliphatic hydroxyl groups is 2. The molecule has 66 heavy (non-hydrogen) atoms. The molecule has 17 heteroatoms. The number of nitrogens with zero attached hydrogens (tertiary/aromatic N) is 2. The number of ether oxygens (including phenoxy) is 5. The molecule has 1 saturated carbocycles. The van der Waals surface area contributed by atoms with Crippen LogP contribution in [0.15, 0.2) is 95.0 Å². The summed E-state index contributed by atoms with van der Waals surface area (Å²) < 4.78 is 62.8. The number of fused-ring (bicyclic) bond motifs is 2. The van der Waals surface area contributed by atoms with Gasteiger partial charge in [0.1, 0.15) is 29.6 Å². The number of methoxy groups -OCH3 is 2. The van der Waals surface area contributed by atoms with Crippen LogP contribution >= 0.6 is 0 Å². The molecular formula is C49H64N4O12S. The predicted molar refractivity (Wildman–Crippen MR) is 251 cm³/mol. The van der Waals surface area contributed by atoms with Gasteiger partial charge in [-0.25, -0.2) is 13.2 Å². The molecule has 0 bridgehead atoms. The van der Waals surface area contributed by atoms with Gasteiger partial charge in [0.2, 0.25) is 21.7 Å². The molecule has 0 saturated heterocycles. The van der Waals surface area contributed by atoms with Crippen molar-refractivity contribution in [2.75, 3.05) is 57.8 Å². The number of oxime groups is 1. The van der Waals surface area contributed by atoms with E-state index in [4.69, 9.17) is 33.7 Å². The standard InChI is InChI=1S/C49H64N4O12S/c1-7-24-53(66(58,59)37-20-16-34(17-21-37)50-32(4)56)45-31-42(52-63-9-3)39-28-33(14-10-12-25-54)38(15-11-13-26-55)46-40-29-36(19-23-43(40)65-49(45,47(39)46)62-27-8-2)64-48(57)51-41-22-18-35(60-5)30-44(41)61-6/h8,16-23,28-30,33,38,45-47,54-55H,2,7,9-15,24-27,31H2,1,3-6H3,(H,50,56)(H,51,57). The predicted octanol–water partition coefficient (Wildman–Crippen LogP) is 8.03. The number of carbonyl (C=O) groups excluding carboxylic acids is 2. The van der Waals surface area contributed by atoms with Crippen molar-refractivity contribution >= 4 is 39.1 Å². The van der Waals surface area contributed by atoms with E-state index in [1.54, 1.807) is 54.6 Å². The Morgan fingerprint density at radius 2 is 1.68 bits per heavy atom. The Hall–Kier alpha value is -5.46. The van der Waals surface area contributed by atoms with Crippen molar-refractivity contribution < 1.29 is 56.7 Å². The second-order valence-corrected chi connectivity index (χ2v) is 18.5. The summed E-state index contributed by atoms with van der Waals surface area (Å²) in [5.74, 6) is -1.64. The summed E-state index contributed by atoms with van der Waals surface area (Å²) in [6.45, 7) is 9.51. The van der Waals surface area contributed by atoms with Gasteiger partial charge in [-0.1, -0.05) is 37.1 Å². The molecule has 358 valence electrons. The summed E-state index contributed by atoms with van der Waals surface area (Å²) in [4.78, 5) is 31.2. The van der Waals surface area contributed by atoms with Gasteiger partial charge in [0.25, 0.3) is 0 Å². The summed E-state index contributed by atoms with van der Waals surface area (Å²) in [7, 11) is -1.27. The fourth-order valence-electron chi connectivity index (χ4n) is 9.69. The number of hydrogen-bond donors (Lipinski definition) is 4. The highest BCUT2D eigenvalue weighted by Crippen LogP contribution is 2.62. The topological polar surface area (TPSA) is 204 Å². The lowest BCUT2D eigenvalue weighted by Gasteiger charge is -2.59. The van der Waals surface area contributed by atoms with Gasteiger partial charge >= 0.3 is 6.09 Å². The molecule has 16 nitrogen and oxygen atoms in total. The first kappa shape index (κ1) is 50.0. The third-order valence-electron chi connectivity index (χ3n) is 12.4. The number of anilines is 2. The van der Waals surface area contributed by atoms with Crippen LogP contribution in [0.25, 0.3) is 0 Å². The summed E-state index contributed by atoms with van der Waals surface area (Å²) in [6.07, 6.45) is 7.58. The van der Waals surface area contributed by atoms with E-state index in [9.17, 15) is 19.8 Å². The van der Waals surface area contributed by atoms with E-state index in [1.807, 2.05) is 13.8 Å². The summed E-state index contributed by atoms with van der Waals surface area (Å²) in [6, 6.07) is 15.2.